The molecule has 0 aliphatic heterocycles. The number of rotatable bonds is 3. The van der Waals surface area contributed by atoms with Crippen LogP contribution in [0.25, 0.3) is 0 Å². The van der Waals surface area contributed by atoms with Crippen LogP contribution in [0.5, 0.6) is 0 Å². The highest BCUT2D eigenvalue weighted by Gasteiger charge is 2.28. The predicted octanol–water partition coefficient (Wildman–Crippen LogP) is 3.15. The molecule has 84 valence electrons. The molecule has 0 spiro atoms. The molecule has 1 rings (SSSR count). The molecule has 0 unspecified atom stereocenters. The zero-order chi connectivity index (χ0) is 11.7. The van der Waals surface area contributed by atoms with Crippen LogP contribution in [0, 0.1) is 10.1 Å². The lowest BCUT2D eigenvalue weighted by molar-refractivity contribution is -0.385. The van der Waals surface area contributed by atoms with Crippen molar-refractivity contribution >= 4 is 17.3 Å². The van der Waals surface area contributed by atoms with Crippen molar-refractivity contribution in [2.24, 2.45) is 0 Å². The number of aromatic nitrogens is 2. The minimum Gasteiger partial charge on any atom is -0.258 e. The van der Waals surface area contributed by atoms with Crippen LogP contribution in [0.2, 0.25) is 5.15 Å². The maximum Gasteiger partial charge on any atom is 0.329 e. The molecule has 0 aliphatic rings. The van der Waals surface area contributed by atoms with Gasteiger partial charge in [-0.25, -0.2) is 4.68 Å². The van der Waals surface area contributed by atoms with E-state index in [-0.39, 0.29) is 22.8 Å². The van der Waals surface area contributed by atoms with E-state index in [1.807, 2.05) is 27.7 Å². The van der Waals surface area contributed by atoms with Crippen LogP contribution < -0.4 is 0 Å². The van der Waals surface area contributed by atoms with Gasteiger partial charge in [-0.3, -0.25) is 10.1 Å². The number of hydrogen-bond acceptors (Lipinski definition) is 3. The molecular formula is C9H14ClN3O2. The van der Waals surface area contributed by atoms with E-state index in [9.17, 15) is 10.1 Å². The Morgan fingerprint density at radius 3 is 2.20 bits per heavy atom. The molecule has 6 heteroatoms. The molecule has 0 aliphatic carbocycles. The molecule has 0 N–H and O–H groups in total. The third-order valence-electron chi connectivity index (χ3n) is 2.07. The third-order valence-corrected chi connectivity index (χ3v) is 2.43. The molecule has 0 aromatic carbocycles. The van der Waals surface area contributed by atoms with Gasteiger partial charge in [0.2, 0.25) is 5.15 Å². The summed E-state index contributed by atoms with van der Waals surface area (Å²) in [5, 5.41) is 15.1. The molecule has 0 fully saturated rings. The molecule has 1 aromatic rings. The highest BCUT2D eigenvalue weighted by molar-refractivity contribution is 6.31. The molecule has 1 aromatic heterocycles. The van der Waals surface area contributed by atoms with Gasteiger partial charge in [-0.05, 0) is 13.8 Å². The van der Waals surface area contributed by atoms with Gasteiger partial charge in [0.1, 0.15) is 5.69 Å². The first-order chi connectivity index (χ1) is 6.86. The summed E-state index contributed by atoms with van der Waals surface area (Å²) < 4.78 is 1.48. The number of halogens is 1. The fourth-order valence-electron chi connectivity index (χ4n) is 1.32. The summed E-state index contributed by atoms with van der Waals surface area (Å²) in [4.78, 5) is 10.4. The SMILES string of the molecule is CC(C)c1nn(C(C)C)c(Cl)c1[N+](=O)[O-]. The van der Waals surface area contributed by atoms with E-state index in [2.05, 4.69) is 5.10 Å². The van der Waals surface area contributed by atoms with E-state index in [0.29, 0.717) is 5.69 Å². The Labute approximate surface area is 93.2 Å². The van der Waals surface area contributed by atoms with Crippen LogP contribution >= 0.6 is 11.6 Å². The first-order valence-corrected chi connectivity index (χ1v) is 5.16. The standard InChI is InChI=1S/C9H14ClN3O2/c1-5(2)7-8(13(14)15)9(10)12(11-7)6(3)4/h5-6H,1-4H3. The van der Waals surface area contributed by atoms with Crippen LogP contribution in [0.4, 0.5) is 5.69 Å². The smallest absolute Gasteiger partial charge is 0.258 e. The largest absolute Gasteiger partial charge is 0.329 e. The first kappa shape index (κ1) is 12.0. The van der Waals surface area contributed by atoms with E-state index >= 15 is 0 Å². The average Bonchev–Trinajstić information content (AvgIpc) is 2.42. The Balaban J connectivity index is 3.39. The summed E-state index contributed by atoms with van der Waals surface area (Å²) >= 11 is 5.92. The molecule has 0 atom stereocenters. The third kappa shape index (κ3) is 2.12. The van der Waals surface area contributed by atoms with Crippen LogP contribution in [-0.4, -0.2) is 14.7 Å². The van der Waals surface area contributed by atoms with E-state index < -0.39 is 4.92 Å². The van der Waals surface area contributed by atoms with Crippen LogP contribution in [0.3, 0.4) is 0 Å². The van der Waals surface area contributed by atoms with Gasteiger partial charge in [0.15, 0.2) is 0 Å². The molecule has 0 saturated heterocycles. The lowest BCUT2D eigenvalue weighted by atomic mass is 10.1. The van der Waals surface area contributed by atoms with Gasteiger partial charge in [0.25, 0.3) is 0 Å². The molecule has 0 bridgehead atoms. The number of nitro groups is 1. The fraction of sp³-hybridized carbons (Fsp3) is 0.667. The summed E-state index contributed by atoms with van der Waals surface area (Å²) in [6.45, 7) is 7.48. The second-order valence-electron chi connectivity index (χ2n) is 3.97. The topological polar surface area (TPSA) is 61.0 Å². The quantitative estimate of drug-likeness (QED) is 0.593. The van der Waals surface area contributed by atoms with Gasteiger partial charge in [0.05, 0.1) is 4.92 Å². The molecule has 0 radical (unpaired) electrons. The van der Waals surface area contributed by atoms with Crippen LogP contribution in [-0.2, 0) is 0 Å². The van der Waals surface area contributed by atoms with Crippen molar-refractivity contribution in [2.45, 2.75) is 39.7 Å². The highest BCUT2D eigenvalue weighted by atomic mass is 35.5. The maximum atomic E-state index is 10.9. The summed E-state index contributed by atoms with van der Waals surface area (Å²) in [6.07, 6.45) is 0. The van der Waals surface area contributed by atoms with Crippen molar-refractivity contribution in [3.05, 3.63) is 21.0 Å². The van der Waals surface area contributed by atoms with Crippen molar-refractivity contribution in [1.82, 2.24) is 9.78 Å². The Kier molecular flexibility index (Phi) is 3.34. The van der Waals surface area contributed by atoms with Gasteiger partial charge < -0.3 is 0 Å². The fourth-order valence-corrected chi connectivity index (χ4v) is 1.72. The van der Waals surface area contributed by atoms with Gasteiger partial charge in [-0.2, -0.15) is 5.10 Å². The van der Waals surface area contributed by atoms with E-state index in [0.717, 1.165) is 0 Å². The lowest BCUT2D eigenvalue weighted by Gasteiger charge is -2.04. The van der Waals surface area contributed by atoms with Crippen molar-refractivity contribution in [3.63, 3.8) is 0 Å². The molecule has 1 heterocycles. The molecule has 15 heavy (non-hydrogen) atoms. The van der Waals surface area contributed by atoms with Gasteiger partial charge in [0, 0.05) is 12.0 Å². The zero-order valence-electron chi connectivity index (χ0n) is 9.19. The average molecular weight is 232 g/mol. The van der Waals surface area contributed by atoms with Crippen LogP contribution in [0.1, 0.15) is 45.3 Å². The Hall–Kier alpha value is -1.10. The maximum absolute atomic E-state index is 10.9. The lowest BCUT2D eigenvalue weighted by Crippen LogP contribution is -2.03. The van der Waals surface area contributed by atoms with Crippen molar-refractivity contribution in [3.8, 4) is 0 Å². The normalized spacial score (nSPS) is 11.4. The second kappa shape index (κ2) is 4.18. The highest BCUT2D eigenvalue weighted by Crippen LogP contribution is 2.34. The van der Waals surface area contributed by atoms with Crippen molar-refractivity contribution < 1.29 is 4.92 Å². The monoisotopic (exact) mass is 231 g/mol. The van der Waals surface area contributed by atoms with E-state index in [1.54, 1.807) is 0 Å². The minimum absolute atomic E-state index is 0.0112. The minimum atomic E-state index is -0.469. The molecular weight excluding hydrogens is 218 g/mol. The van der Waals surface area contributed by atoms with Crippen molar-refractivity contribution in [1.29, 1.82) is 0 Å². The summed E-state index contributed by atoms with van der Waals surface area (Å²) in [5.74, 6) is -0.0112. The van der Waals surface area contributed by atoms with E-state index in [1.165, 1.54) is 4.68 Å². The van der Waals surface area contributed by atoms with E-state index in [4.69, 9.17) is 11.6 Å². The summed E-state index contributed by atoms with van der Waals surface area (Å²) in [5.41, 5.74) is 0.374. The number of hydrogen-bond donors (Lipinski definition) is 0. The summed E-state index contributed by atoms with van der Waals surface area (Å²) in [7, 11) is 0. The Morgan fingerprint density at radius 2 is 1.93 bits per heavy atom. The number of nitrogens with zero attached hydrogens (tertiary/aromatic N) is 3. The van der Waals surface area contributed by atoms with Crippen LogP contribution in [0.15, 0.2) is 0 Å². The Morgan fingerprint density at radius 1 is 1.40 bits per heavy atom. The van der Waals surface area contributed by atoms with Crippen molar-refractivity contribution in [2.75, 3.05) is 0 Å². The van der Waals surface area contributed by atoms with Gasteiger partial charge in [-0.1, -0.05) is 25.4 Å². The predicted molar refractivity (Wildman–Crippen MR) is 58.4 cm³/mol. The summed E-state index contributed by atoms with van der Waals surface area (Å²) in [6, 6.07) is 0.0173. The van der Waals surface area contributed by atoms with Gasteiger partial charge >= 0.3 is 5.69 Å². The molecule has 5 nitrogen and oxygen atoms in total. The zero-order valence-corrected chi connectivity index (χ0v) is 9.95. The van der Waals surface area contributed by atoms with Gasteiger partial charge in [-0.15, -0.1) is 0 Å². The molecule has 0 saturated carbocycles. The first-order valence-electron chi connectivity index (χ1n) is 4.78. The molecule has 0 amide bonds. The Bertz CT molecular complexity index is 385. The second-order valence-corrected chi connectivity index (χ2v) is 4.33.